The van der Waals surface area contributed by atoms with Crippen LogP contribution in [-0.2, 0) is 5.41 Å². The second kappa shape index (κ2) is 3.32. The number of rotatable bonds is 0. The molecule has 76 valence electrons. The van der Waals surface area contributed by atoms with E-state index in [2.05, 4.69) is 57.8 Å². The Kier molecular flexibility index (Phi) is 2.53. The van der Waals surface area contributed by atoms with Crippen LogP contribution < -0.4 is 5.73 Å². The molecule has 2 N–H and O–H groups in total. The van der Waals surface area contributed by atoms with Crippen LogP contribution in [0.1, 0.15) is 37.4 Å². The Morgan fingerprint density at radius 3 is 2.43 bits per heavy atom. The van der Waals surface area contributed by atoms with Crippen molar-refractivity contribution in [2.75, 3.05) is 0 Å². The highest BCUT2D eigenvalue weighted by atomic mass is 79.9. The summed E-state index contributed by atoms with van der Waals surface area (Å²) in [6.45, 7) is 4.49. The van der Waals surface area contributed by atoms with Gasteiger partial charge in [-0.3, -0.25) is 0 Å². The number of hydrogen-bond acceptors (Lipinski definition) is 1. The molecule has 1 nitrogen and oxygen atoms in total. The first-order chi connectivity index (χ1) is 6.43. The average molecular weight is 319 g/mol. The number of nitrogens with two attached hydrogens (primary N) is 1. The lowest BCUT2D eigenvalue weighted by Gasteiger charge is -2.20. The molecule has 0 amide bonds. The van der Waals surface area contributed by atoms with E-state index in [9.17, 15) is 0 Å². The molecule has 0 saturated carbocycles. The van der Waals surface area contributed by atoms with Crippen molar-refractivity contribution in [1.29, 1.82) is 0 Å². The summed E-state index contributed by atoms with van der Waals surface area (Å²) in [6, 6.07) is 4.30. The zero-order valence-corrected chi connectivity index (χ0v) is 11.4. The summed E-state index contributed by atoms with van der Waals surface area (Å²) in [5.74, 6) is 0. The lowest BCUT2D eigenvalue weighted by molar-refractivity contribution is 0.480. The maximum Gasteiger partial charge on any atom is 0.0317 e. The molecule has 0 fully saturated rings. The van der Waals surface area contributed by atoms with Gasteiger partial charge in [-0.25, -0.2) is 0 Å². The van der Waals surface area contributed by atoms with Crippen LogP contribution in [0.15, 0.2) is 21.1 Å². The Bertz CT molecular complexity index is 385. The molecule has 1 atom stereocenters. The van der Waals surface area contributed by atoms with Crippen molar-refractivity contribution >= 4 is 31.9 Å². The summed E-state index contributed by atoms with van der Waals surface area (Å²) in [4.78, 5) is 0. The Labute approximate surface area is 101 Å². The van der Waals surface area contributed by atoms with E-state index in [4.69, 9.17) is 5.73 Å². The summed E-state index contributed by atoms with van der Waals surface area (Å²) >= 11 is 7.18. The molecule has 0 unspecified atom stereocenters. The third-order valence-corrected chi connectivity index (χ3v) is 4.27. The molecule has 0 saturated heterocycles. The summed E-state index contributed by atoms with van der Waals surface area (Å²) < 4.78 is 2.31. The minimum atomic E-state index is 0.159. The minimum absolute atomic E-state index is 0.159. The largest absolute Gasteiger partial charge is 0.324 e. The highest BCUT2D eigenvalue weighted by Gasteiger charge is 2.37. The van der Waals surface area contributed by atoms with Crippen molar-refractivity contribution in [2.24, 2.45) is 5.73 Å². The fraction of sp³-hybridized carbons (Fsp3) is 0.455. The van der Waals surface area contributed by atoms with Crippen LogP contribution in [0.4, 0.5) is 0 Å². The molecule has 1 aliphatic carbocycles. The van der Waals surface area contributed by atoms with Crippen LogP contribution >= 0.6 is 31.9 Å². The fourth-order valence-corrected chi connectivity index (χ4v) is 3.88. The third-order valence-electron chi connectivity index (χ3n) is 2.92. The van der Waals surface area contributed by atoms with Gasteiger partial charge in [0.25, 0.3) is 0 Å². The standard InChI is InChI=1S/C11H13Br2N/c1-11(2)5-8(14)9-6(12)3-4-7(13)10(9)11/h3-4,8H,5,14H2,1-2H3/t8-/m1/s1. The molecule has 1 aromatic rings. The maximum absolute atomic E-state index is 6.14. The van der Waals surface area contributed by atoms with Crippen LogP contribution in [-0.4, -0.2) is 0 Å². The van der Waals surface area contributed by atoms with Crippen molar-refractivity contribution in [3.05, 3.63) is 32.2 Å². The summed E-state index contributed by atoms with van der Waals surface area (Å²) in [7, 11) is 0. The highest BCUT2D eigenvalue weighted by Crippen LogP contribution is 2.49. The topological polar surface area (TPSA) is 26.0 Å². The third kappa shape index (κ3) is 1.46. The maximum atomic E-state index is 6.14. The van der Waals surface area contributed by atoms with E-state index >= 15 is 0 Å². The van der Waals surface area contributed by atoms with E-state index in [0.717, 1.165) is 10.9 Å². The predicted molar refractivity (Wildman–Crippen MR) is 66.4 cm³/mol. The van der Waals surface area contributed by atoms with Gasteiger partial charge >= 0.3 is 0 Å². The molecule has 1 aliphatic rings. The Balaban J connectivity index is 2.73. The second-order valence-corrected chi connectivity index (χ2v) is 6.22. The van der Waals surface area contributed by atoms with Gasteiger partial charge in [0.05, 0.1) is 0 Å². The molecule has 0 aromatic heterocycles. The monoisotopic (exact) mass is 317 g/mol. The quantitative estimate of drug-likeness (QED) is 0.771. The SMILES string of the molecule is CC1(C)C[C@@H](N)c2c(Br)ccc(Br)c21. The van der Waals surface area contributed by atoms with Gasteiger partial charge in [0.2, 0.25) is 0 Å². The van der Waals surface area contributed by atoms with Crippen LogP contribution in [0.2, 0.25) is 0 Å². The average Bonchev–Trinajstić information content (AvgIpc) is 2.30. The molecule has 0 aliphatic heterocycles. The van der Waals surface area contributed by atoms with Crippen molar-refractivity contribution in [2.45, 2.75) is 31.7 Å². The van der Waals surface area contributed by atoms with E-state index < -0.39 is 0 Å². The summed E-state index contributed by atoms with van der Waals surface area (Å²) in [5.41, 5.74) is 8.95. The van der Waals surface area contributed by atoms with Crippen molar-refractivity contribution in [3.63, 3.8) is 0 Å². The molecule has 1 aromatic carbocycles. The van der Waals surface area contributed by atoms with Gasteiger partial charge < -0.3 is 5.73 Å². The number of halogens is 2. The van der Waals surface area contributed by atoms with E-state index in [1.54, 1.807) is 0 Å². The van der Waals surface area contributed by atoms with Gasteiger partial charge in [-0.15, -0.1) is 0 Å². The van der Waals surface area contributed by atoms with E-state index in [-0.39, 0.29) is 11.5 Å². The van der Waals surface area contributed by atoms with E-state index in [0.29, 0.717) is 0 Å². The first kappa shape index (κ1) is 10.7. The minimum Gasteiger partial charge on any atom is -0.324 e. The van der Waals surface area contributed by atoms with Gasteiger partial charge in [0.15, 0.2) is 0 Å². The molecular formula is C11H13Br2N. The molecule has 14 heavy (non-hydrogen) atoms. The zero-order valence-electron chi connectivity index (χ0n) is 8.27. The number of hydrogen-bond donors (Lipinski definition) is 1. The van der Waals surface area contributed by atoms with Gasteiger partial charge in [0.1, 0.15) is 0 Å². The Morgan fingerprint density at radius 1 is 1.29 bits per heavy atom. The van der Waals surface area contributed by atoms with E-state index in [1.165, 1.54) is 15.6 Å². The van der Waals surface area contributed by atoms with Crippen LogP contribution in [0.5, 0.6) is 0 Å². The predicted octanol–water partition coefficient (Wildman–Crippen LogP) is 3.89. The van der Waals surface area contributed by atoms with Gasteiger partial charge in [0, 0.05) is 15.0 Å². The lowest BCUT2D eigenvalue weighted by atomic mass is 9.86. The summed E-state index contributed by atoms with van der Waals surface area (Å²) in [6.07, 6.45) is 1.02. The fourth-order valence-electron chi connectivity index (χ4n) is 2.37. The van der Waals surface area contributed by atoms with Crippen LogP contribution in [0.3, 0.4) is 0 Å². The lowest BCUT2D eigenvalue weighted by Crippen LogP contribution is -2.14. The number of fused-ring (bicyclic) bond motifs is 1. The Hall–Kier alpha value is 0.140. The van der Waals surface area contributed by atoms with Crippen LogP contribution in [0, 0.1) is 0 Å². The smallest absolute Gasteiger partial charge is 0.0317 e. The first-order valence-electron chi connectivity index (χ1n) is 4.67. The van der Waals surface area contributed by atoms with Crippen molar-refractivity contribution in [1.82, 2.24) is 0 Å². The second-order valence-electron chi connectivity index (χ2n) is 4.51. The molecule has 0 bridgehead atoms. The van der Waals surface area contributed by atoms with Gasteiger partial charge in [-0.1, -0.05) is 45.7 Å². The molecular weight excluding hydrogens is 306 g/mol. The molecule has 3 heteroatoms. The number of benzene rings is 1. The molecule has 0 heterocycles. The van der Waals surface area contributed by atoms with Gasteiger partial charge in [-0.2, -0.15) is 0 Å². The normalized spacial score (nSPS) is 23.6. The zero-order chi connectivity index (χ0) is 10.5. The van der Waals surface area contributed by atoms with E-state index in [1.807, 2.05) is 0 Å². The molecule has 0 spiro atoms. The van der Waals surface area contributed by atoms with Crippen molar-refractivity contribution in [3.8, 4) is 0 Å². The summed E-state index contributed by atoms with van der Waals surface area (Å²) in [5, 5.41) is 0. The molecule has 0 radical (unpaired) electrons. The molecule has 2 rings (SSSR count). The van der Waals surface area contributed by atoms with Gasteiger partial charge in [-0.05, 0) is 35.1 Å². The first-order valence-corrected chi connectivity index (χ1v) is 6.26. The van der Waals surface area contributed by atoms with Crippen molar-refractivity contribution < 1.29 is 0 Å². The highest BCUT2D eigenvalue weighted by molar-refractivity contribution is 9.11. The van der Waals surface area contributed by atoms with Crippen LogP contribution in [0.25, 0.3) is 0 Å². The Morgan fingerprint density at radius 2 is 1.86 bits per heavy atom.